The molecule has 2 heterocycles. The first-order chi connectivity index (χ1) is 11.3. The number of pyridine rings is 1. The van der Waals surface area contributed by atoms with Gasteiger partial charge >= 0.3 is 0 Å². The zero-order chi connectivity index (χ0) is 15.6. The second-order valence-electron chi connectivity index (χ2n) is 5.51. The molecule has 0 N–H and O–H groups in total. The summed E-state index contributed by atoms with van der Waals surface area (Å²) in [6.45, 7) is 0. The van der Waals surface area contributed by atoms with Crippen LogP contribution in [0.4, 0.5) is 0 Å². The number of nitrogens with zero attached hydrogens (tertiary/aromatic N) is 2. The van der Waals surface area contributed by atoms with E-state index >= 15 is 0 Å². The van der Waals surface area contributed by atoms with Gasteiger partial charge in [-0.15, -0.1) is 0 Å². The Balaban J connectivity index is 1.91. The zero-order valence-electron chi connectivity index (χ0n) is 12.5. The van der Waals surface area contributed by atoms with Crippen LogP contribution in [0.2, 0.25) is 0 Å². The summed E-state index contributed by atoms with van der Waals surface area (Å²) in [5, 5.41) is 0. The van der Waals surface area contributed by atoms with Gasteiger partial charge in [0.05, 0.1) is 11.4 Å². The summed E-state index contributed by atoms with van der Waals surface area (Å²) in [6.07, 6.45) is 2.94. The van der Waals surface area contributed by atoms with Crippen molar-refractivity contribution in [3.05, 3.63) is 94.7 Å². The predicted octanol–water partition coefficient (Wildman–Crippen LogP) is 5.35. The molecule has 2 nitrogen and oxygen atoms in total. The minimum Gasteiger partial charge on any atom is -0.303 e. The fourth-order valence-electron chi connectivity index (χ4n) is 2.87. The van der Waals surface area contributed by atoms with Crippen molar-refractivity contribution >= 4 is 21.6 Å². The van der Waals surface area contributed by atoms with Crippen LogP contribution in [0, 0.1) is 0 Å². The maximum atomic E-state index is 4.86. The van der Waals surface area contributed by atoms with Gasteiger partial charge in [0.15, 0.2) is 0 Å². The number of imidazole rings is 1. The van der Waals surface area contributed by atoms with Crippen molar-refractivity contribution in [2.45, 2.75) is 6.42 Å². The minimum absolute atomic E-state index is 0.855. The highest BCUT2D eigenvalue weighted by atomic mass is 79.9. The van der Waals surface area contributed by atoms with Gasteiger partial charge in [0, 0.05) is 22.7 Å². The summed E-state index contributed by atoms with van der Waals surface area (Å²) >= 11 is 3.56. The van der Waals surface area contributed by atoms with E-state index in [-0.39, 0.29) is 0 Å². The normalized spacial score (nSPS) is 11.0. The van der Waals surface area contributed by atoms with Crippen molar-refractivity contribution in [2.24, 2.45) is 0 Å². The molecule has 0 radical (unpaired) electrons. The molecule has 2 aromatic heterocycles. The van der Waals surface area contributed by atoms with Gasteiger partial charge in [-0.3, -0.25) is 0 Å². The largest absolute Gasteiger partial charge is 0.303 e. The molecule has 0 aliphatic heterocycles. The molecule has 0 amide bonds. The second-order valence-corrected chi connectivity index (χ2v) is 6.42. The smallest absolute Gasteiger partial charge is 0.137 e. The Morgan fingerprint density at radius 3 is 2.52 bits per heavy atom. The molecule has 0 unspecified atom stereocenters. The lowest BCUT2D eigenvalue weighted by Crippen LogP contribution is -1.96. The van der Waals surface area contributed by atoms with Crippen LogP contribution in [0.3, 0.4) is 0 Å². The fraction of sp³-hybridized carbons (Fsp3) is 0.0500. The van der Waals surface area contributed by atoms with E-state index in [4.69, 9.17) is 4.98 Å². The lowest BCUT2D eigenvalue weighted by molar-refractivity contribution is 1.03. The Kier molecular flexibility index (Phi) is 3.72. The first-order valence-corrected chi connectivity index (χ1v) is 8.36. The molecular formula is C20H15BrN2. The van der Waals surface area contributed by atoms with Crippen molar-refractivity contribution in [3.8, 4) is 11.3 Å². The highest BCUT2D eigenvalue weighted by Gasteiger charge is 2.14. The summed E-state index contributed by atoms with van der Waals surface area (Å²) in [4.78, 5) is 4.86. The molecule has 0 fully saturated rings. The van der Waals surface area contributed by atoms with Gasteiger partial charge in [-0.1, -0.05) is 64.5 Å². The molecule has 0 aliphatic carbocycles. The van der Waals surface area contributed by atoms with Crippen molar-refractivity contribution in [2.75, 3.05) is 0 Å². The lowest BCUT2D eigenvalue weighted by atomic mass is 10.0. The topological polar surface area (TPSA) is 17.3 Å². The maximum Gasteiger partial charge on any atom is 0.137 e. The average Bonchev–Trinajstić information content (AvgIpc) is 2.95. The molecule has 3 heteroatoms. The third-order valence-corrected chi connectivity index (χ3v) is 4.43. The Labute approximate surface area is 143 Å². The molecule has 0 aliphatic rings. The standard InChI is InChI=1S/C20H15BrN2/c21-17-10-6-9-16(14-17)20-18(13-15-7-2-1-3-8-15)23-12-5-4-11-19(23)22-20/h1-12,14H,13H2. The Hall–Kier alpha value is -2.39. The number of fused-ring (bicyclic) bond motifs is 1. The fourth-order valence-corrected chi connectivity index (χ4v) is 3.27. The summed E-state index contributed by atoms with van der Waals surface area (Å²) in [7, 11) is 0. The van der Waals surface area contributed by atoms with E-state index < -0.39 is 0 Å². The number of benzene rings is 2. The van der Waals surface area contributed by atoms with Gasteiger partial charge in [-0.05, 0) is 29.8 Å². The van der Waals surface area contributed by atoms with E-state index in [1.165, 1.54) is 11.3 Å². The van der Waals surface area contributed by atoms with E-state index in [1.54, 1.807) is 0 Å². The van der Waals surface area contributed by atoms with Gasteiger partial charge in [0.25, 0.3) is 0 Å². The van der Waals surface area contributed by atoms with Crippen LogP contribution in [0.25, 0.3) is 16.9 Å². The molecule has 0 atom stereocenters. The quantitative estimate of drug-likeness (QED) is 0.479. The summed E-state index contributed by atoms with van der Waals surface area (Å²) in [5.74, 6) is 0. The Morgan fingerprint density at radius 2 is 1.70 bits per heavy atom. The third-order valence-electron chi connectivity index (χ3n) is 3.94. The number of aromatic nitrogens is 2. The molecule has 4 aromatic rings. The molecular weight excluding hydrogens is 348 g/mol. The first kappa shape index (κ1) is 14.2. The van der Waals surface area contributed by atoms with E-state index in [2.05, 4.69) is 75.1 Å². The Bertz CT molecular complexity index is 958. The lowest BCUT2D eigenvalue weighted by Gasteiger charge is -2.06. The summed E-state index contributed by atoms with van der Waals surface area (Å²) in [6, 6.07) is 25.0. The van der Waals surface area contributed by atoms with Gasteiger partial charge < -0.3 is 4.40 Å². The Morgan fingerprint density at radius 1 is 0.870 bits per heavy atom. The van der Waals surface area contributed by atoms with Gasteiger partial charge in [-0.25, -0.2) is 4.98 Å². The van der Waals surface area contributed by atoms with Gasteiger partial charge in [-0.2, -0.15) is 0 Å². The predicted molar refractivity (Wildman–Crippen MR) is 97.6 cm³/mol. The summed E-state index contributed by atoms with van der Waals surface area (Å²) < 4.78 is 3.25. The number of rotatable bonds is 3. The summed E-state index contributed by atoms with van der Waals surface area (Å²) in [5.41, 5.74) is 5.66. The number of hydrogen-bond acceptors (Lipinski definition) is 1. The average molecular weight is 363 g/mol. The highest BCUT2D eigenvalue weighted by Crippen LogP contribution is 2.28. The van der Waals surface area contributed by atoms with Crippen LogP contribution in [0.1, 0.15) is 11.3 Å². The zero-order valence-corrected chi connectivity index (χ0v) is 14.1. The third kappa shape index (κ3) is 2.80. The molecule has 0 saturated carbocycles. The van der Waals surface area contributed by atoms with Crippen molar-refractivity contribution in [1.82, 2.24) is 9.38 Å². The highest BCUT2D eigenvalue weighted by molar-refractivity contribution is 9.10. The maximum absolute atomic E-state index is 4.86. The first-order valence-electron chi connectivity index (χ1n) is 7.57. The van der Waals surface area contributed by atoms with Crippen LogP contribution in [-0.2, 0) is 6.42 Å². The second kappa shape index (κ2) is 6.01. The molecule has 0 saturated heterocycles. The number of halogens is 1. The number of hydrogen-bond donors (Lipinski definition) is 0. The van der Waals surface area contributed by atoms with E-state index in [1.807, 2.05) is 24.3 Å². The monoisotopic (exact) mass is 362 g/mol. The van der Waals surface area contributed by atoms with Crippen molar-refractivity contribution < 1.29 is 0 Å². The van der Waals surface area contributed by atoms with Gasteiger partial charge in [0.2, 0.25) is 0 Å². The molecule has 112 valence electrons. The van der Waals surface area contributed by atoms with Crippen LogP contribution in [0.15, 0.2) is 83.5 Å². The SMILES string of the molecule is Brc1cccc(-c2nc3ccccn3c2Cc2ccccc2)c1. The van der Waals surface area contributed by atoms with Crippen molar-refractivity contribution in [1.29, 1.82) is 0 Å². The van der Waals surface area contributed by atoms with Crippen LogP contribution in [-0.4, -0.2) is 9.38 Å². The molecule has 4 rings (SSSR count). The van der Waals surface area contributed by atoms with Gasteiger partial charge in [0.1, 0.15) is 5.65 Å². The molecule has 0 spiro atoms. The van der Waals surface area contributed by atoms with E-state index in [0.717, 1.165) is 27.8 Å². The van der Waals surface area contributed by atoms with E-state index in [0.29, 0.717) is 0 Å². The minimum atomic E-state index is 0.855. The van der Waals surface area contributed by atoms with Crippen LogP contribution >= 0.6 is 15.9 Å². The van der Waals surface area contributed by atoms with Crippen molar-refractivity contribution in [3.63, 3.8) is 0 Å². The van der Waals surface area contributed by atoms with Crippen LogP contribution in [0.5, 0.6) is 0 Å². The molecule has 0 bridgehead atoms. The van der Waals surface area contributed by atoms with E-state index in [9.17, 15) is 0 Å². The molecule has 23 heavy (non-hydrogen) atoms. The van der Waals surface area contributed by atoms with Crippen LogP contribution < -0.4 is 0 Å². The molecule has 2 aromatic carbocycles.